The summed E-state index contributed by atoms with van der Waals surface area (Å²) in [5.74, 6) is 0.590. The lowest BCUT2D eigenvalue weighted by atomic mass is 10.0. The minimum atomic E-state index is -0.813. The summed E-state index contributed by atoms with van der Waals surface area (Å²) in [6.07, 6.45) is 0. The zero-order valence-corrected chi connectivity index (χ0v) is 8.57. The lowest BCUT2D eigenvalue weighted by Crippen LogP contribution is -2.32. The number of nitrogens with zero attached hydrogens (tertiary/aromatic N) is 2. The van der Waals surface area contributed by atoms with Crippen molar-refractivity contribution in [3.05, 3.63) is 11.8 Å². The van der Waals surface area contributed by atoms with Gasteiger partial charge < -0.3 is 10.8 Å². The number of hydrogen-bond donors (Lipinski definition) is 2. The quantitative estimate of drug-likeness (QED) is 0.721. The van der Waals surface area contributed by atoms with Crippen LogP contribution in [0.15, 0.2) is 6.07 Å². The van der Waals surface area contributed by atoms with Crippen molar-refractivity contribution in [1.82, 2.24) is 9.78 Å². The molecule has 1 aromatic heterocycles. The fourth-order valence-electron chi connectivity index (χ4n) is 1.15. The van der Waals surface area contributed by atoms with E-state index in [1.54, 1.807) is 24.6 Å². The van der Waals surface area contributed by atoms with Crippen LogP contribution in [0.5, 0.6) is 0 Å². The summed E-state index contributed by atoms with van der Waals surface area (Å²) in [7, 11) is 0. The lowest BCUT2D eigenvalue weighted by Gasteiger charge is -2.26. The molecule has 0 bridgehead atoms. The Morgan fingerprint density at radius 1 is 1.62 bits per heavy atom. The number of nitrogens with two attached hydrogens (primary N) is 1. The number of aliphatic hydroxyl groups is 1. The van der Waals surface area contributed by atoms with Crippen molar-refractivity contribution in [2.24, 2.45) is 0 Å². The highest BCUT2D eigenvalue weighted by Crippen LogP contribution is 2.23. The second-order valence-electron chi connectivity index (χ2n) is 3.98. The molecule has 1 rings (SSSR count). The van der Waals surface area contributed by atoms with Gasteiger partial charge in [-0.05, 0) is 27.7 Å². The van der Waals surface area contributed by atoms with Crippen molar-refractivity contribution in [3.8, 4) is 0 Å². The molecule has 0 saturated carbocycles. The second-order valence-corrected chi connectivity index (χ2v) is 3.98. The third-order valence-corrected chi connectivity index (χ3v) is 2.28. The van der Waals surface area contributed by atoms with E-state index in [-0.39, 0.29) is 6.04 Å². The van der Waals surface area contributed by atoms with Crippen molar-refractivity contribution in [2.75, 3.05) is 5.73 Å². The third kappa shape index (κ3) is 2.01. The van der Waals surface area contributed by atoms with E-state index in [1.165, 1.54) is 0 Å². The number of aromatic nitrogens is 2. The summed E-state index contributed by atoms with van der Waals surface area (Å²) in [6, 6.07) is 1.67. The highest BCUT2D eigenvalue weighted by molar-refractivity contribution is 5.31. The molecular weight excluding hydrogens is 166 g/mol. The number of aryl methyl sites for hydroxylation is 1. The van der Waals surface area contributed by atoms with Gasteiger partial charge >= 0.3 is 0 Å². The van der Waals surface area contributed by atoms with Crippen molar-refractivity contribution >= 4 is 5.82 Å². The van der Waals surface area contributed by atoms with Gasteiger partial charge in [0.15, 0.2) is 0 Å². The average molecular weight is 183 g/mol. The molecular formula is C9H17N3O. The first-order valence-corrected chi connectivity index (χ1v) is 4.36. The zero-order valence-electron chi connectivity index (χ0n) is 8.57. The normalized spacial score (nSPS) is 14.5. The minimum Gasteiger partial charge on any atom is -0.388 e. The number of rotatable bonds is 2. The predicted octanol–water partition coefficient (Wildman–Crippen LogP) is 1.11. The Morgan fingerprint density at radius 3 is 2.46 bits per heavy atom. The fraction of sp³-hybridized carbons (Fsp3) is 0.667. The predicted molar refractivity (Wildman–Crippen MR) is 52.4 cm³/mol. The van der Waals surface area contributed by atoms with Gasteiger partial charge in [0.05, 0.1) is 17.3 Å². The molecule has 0 radical (unpaired) electrons. The highest BCUT2D eigenvalue weighted by Gasteiger charge is 2.25. The van der Waals surface area contributed by atoms with Gasteiger partial charge in [0.1, 0.15) is 5.82 Å². The summed E-state index contributed by atoms with van der Waals surface area (Å²) in [6.45, 7) is 7.26. The number of anilines is 1. The molecule has 1 unspecified atom stereocenters. The van der Waals surface area contributed by atoms with Gasteiger partial charge in [-0.3, -0.25) is 0 Å². The smallest absolute Gasteiger partial charge is 0.122 e. The average Bonchev–Trinajstić information content (AvgIpc) is 2.26. The molecule has 0 aliphatic carbocycles. The topological polar surface area (TPSA) is 64.1 Å². The molecule has 74 valence electrons. The van der Waals surface area contributed by atoms with E-state index in [1.807, 2.05) is 13.8 Å². The van der Waals surface area contributed by atoms with Gasteiger partial charge in [-0.1, -0.05) is 0 Å². The first-order chi connectivity index (χ1) is 5.82. The molecule has 0 aliphatic rings. The van der Waals surface area contributed by atoms with Crippen molar-refractivity contribution in [1.29, 1.82) is 0 Å². The standard InChI is InChI=1S/C9H17N3O/c1-6-5-8(10)12(11-6)7(2)9(3,4)13/h5,7,13H,10H2,1-4H3. The summed E-state index contributed by atoms with van der Waals surface area (Å²) in [4.78, 5) is 0. The summed E-state index contributed by atoms with van der Waals surface area (Å²) in [5, 5.41) is 14.0. The van der Waals surface area contributed by atoms with E-state index in [0.29, 0.717) is 5.82 Å². The molecule has 0 spiro atoms. The van der Waals surface area contributed by atoms with Crippen LogP contribution < -0.4 is 5.73 Å². The Bertz CT molecular complexity index is 298. The molecule has 0 aliphatic heterocycles. The van der Waals surface area contributed by atoms with Crippen LogP contribution in [0.4, 0.5) is 5.82 Å². The van der Waals surface area contributed by atoms with Gasteiger partial charge in [0.25, 0.3) is 0 Å². The SMILES string of the molecule is Cc1cc(N)n(C(C)C(C)(C)O)n1. The van der Waals surface area contributed by atoms with Crippen LogP contribution in [0.25, 0.3) is 0 Å². The third-order valence-electron chi connectivity index (χ3n) is 2.28. The second kappa shape index (κ2) is 3.03. The van der Waals surface area contributed by atoms with Crippen molar-refractivity contribution < 1.29 is 5.11 Å². The maximum Gasteiger partial charge on any atom is 0.122 e. The van der Waals surface area contributed by atoms with Crippen LogP contribution >= 0.6 is 0 Å². The first-order valence-electron chi connectivity index (χ1n) is 4.36. The van der Waals surface area contributed by atoms with Gasteiger partial charge in [-0.2, -0.15) is 5.10 Å². The molecule has 3 N–H and O–H groups in total. The number of hydrogen-bond acceptors (Lipinski definition) is 3. The molecule has 1 heterocycles. The molecule has 0 saturated heterocycles. The van der Waals surface area contributed by atoms with Crippen LogP contribution in [0, 0.1) is 6.92 Å². The maximum absolute atomic E-state index is 9.76. The van der Waals surface area contributed by atoms with Gasteiger partial charge in [0.2, 0.25) is 0 Å². The van der Waals surface area contributed by atoms with Gasteiger partial charge in [-0.25, -0.2) is 4.68 Å². The van der Waals surface area contributed by atoms with Crippen molar-refractivity contribution in [2.45, 2.75) is 39.3 Å². The maximum atomic E-state index is 9.76. The van der Waals surface area contributed by atoms with Crippen LogP contribution in [-0.2, 0) is 0 Å². The Morgan fingerprint density at radius 2 is 2.15 bits per heavy atom. The Hall–Kier alpha value is -1.03. The van der Waals surface area contributed by atoms with E-state index in [4.69, 9.17) is 5.73 Å². The van der Waals surface area contributed by atoms with E-state index in [2.05, 4.69) is 5.10 Å². The molecule has 0 aromatic carbocycles. The molecule has 0 fully saturated rings. The van der Waals surface area contributed by atoms with E-state index < -0.39 is 5.60 Å². The van der Waals surface area contributed by atoms with Crippen LogP contribution in [0.2, 0.25) is 0 Å². The van der Waals surface area contributed by atoms with Gasteiger partial charge in [-0.15, -0.1) is 0 Å². The van der Waals surface area contributed by atoms with Crippen molar-refractivity contribution in [3.63, 3.8) is 0 Å². The Labute approximate surface area is 78.4 Å². The van der Waals surface area contributed by atoms with Crippen LogP contribution in [0.3, 0.4) is 0 Å². The largest absolute Gasteiger partial charge is 0.388 e. The fourth-order valence-corrected chi connectivity index (χ4v) is 1.15. The van der Waals surface area contributed by atoms with E-state index >= 15 is 0 Å². The zero-order chi connectivity index (χ0) is 10.2. The minimum absolute atomic E-state index is 0.124. The lowest BCUT2D eigenvalue weighted by molar-refractivity contribution is 0.0266. The Balaban J connectivity index is 3.01. The molecule has 4 nitrogen and oxygen atoms in total. The molecule has 1 aromatic rings. The summed E-state index contributed by atoms with van der Waals surface area (Å²) >= 11 is 0. The van der Waals surface area contributed by atoms with E-state index in [0.717, 1.165) is 5.69 Å². The highest BCUT2D eigenvalue weighted by atomic mass is 16.3. The monoisotopic (exact) mass is 183 g/mol. The van der Waals surface area contributed by atoms with Crippen LogP contribution in [-0.4, -0.2) is 20.5 Å². The Kier molecular flexibility index (Phi) is 2.34. The van der Waals surface area contributed by atoms with Crippen LogP contribution in [0.1, 0.15) is 32.5 Å². The molecule has 4 heteroatoms. The van der Waals surface area contributed by atoms with Gasteiger partial charge in [0, 0.05) is 6.07 Å². The molecule has 0 amide bonds. The molecule has 13 heavy (non-hydrogen) atoms. The summed E-state index contributed by atoms with van der Waals surface area (Å²) < 4.78 is 1.65. The summed E-state index contributed by atoms with van der Waals surface area (Å²) in [5.41, 5.74) is 5.78. The first kappa shape index (κ1) is 10.1. The van der Waals surface area contributed by atoms with E-state index in [9.17, 15) is 5.11 Å². The molecule has 1 atom stereocenters. The number of nitrogen functional groups attached to an aromatic ring is 1.